The number of nitrogens with two attached hydrogens (primary N) is 1. The molecule has 4 aromatic rings. The predicted molar refractivity (Wildman–Crippen MR) is 179 cm³/mol. The summed E-state index contributed by atoms with van der Waals surface area (Å²) in [6.07, 6.45) is 2.23. The Bertz CT molecular complexity index is 1680. The second-order valence-electron chi connectivity index (χ2n) is 10.7. The minimum atomic E-state index is -1.22. The molecule has 0 fully saturated rings. The lowest BCUT2D eigenvalue weighted by Crippen LogP contribution is -2.41. The third kappa shape index (κ3) is 8.32. The fraction of sp³-hybridized carbons (Fsp3) is 0.281. The molecule has 14 heteroatoms. The lowest BCUT2D eigenvalue weighted by atomic mass is 9.81. The number of nitrogens with one attached hydrogen (secondary N) is 1. The molecule has 46 heavy (non-hydrogen) atoms. The van der Waals surface area contributed by atoms with E-state index in [4.69, 9.17) is 33.7 Å². The number of carboxylic acids is 1. The Kier molecular flexibility index (Phi) is 12.9. The van der Waals surface area contributed by atoms with E-state index >= 15 is 4.39 Å². The van der Waals surface area contributed by atoms with Crippen LogP contribution in [0.1, 0.15) is 53.9 Å². The number of methoxy groups -OCH3 is 1. The molecule has 3 aromatic carbocycles. The zero-order valence-electron chi connectivity index (χ0n) is 25.2. The van der Waals surface area contributed by atoms with Gasteiger partial charge >= 0.3 is 5.97 Å². The normalized spacial score (nSPS) is 11.9. The third-order valence-corrected chi connectivity index (χ3v) is 9.01. The summed E-state index contributed by atoms with van der Waals surface area (Å²) in [4.78, 5) is 28.9. The number of carbonyl (C=O) groups is 2. The Labute approximate surface area is 286 Å². The monoisotopic (exact) mass is 712 g/mol. The predicted octanol–water partition coefficient (Wildman–Crippen LogP) is 7.43. The van der Waals surface area contributed by atoms with Gasteiger partial charge in [0.15, 0.2) is 5.16 Å². The van der Waals surface area contributed by atoms with Gasteiger partial charge in [-0.2, -0.15) is 0 Å². The summed E-state index contributed by atoms with van der Waals surface area (Å²) < 4.78 is 36.5. The van der Waals surface area contributed by atoms with Crippen LogP contribution in [0.25, 0.3) is 5.69 Å². The topological polar surface area (TPSA) is 119 Å². The van der Waals surface area contributed by atoms with Crippen LogP contribution in [0.4, 0.5) is 8.78 Å². The number of amides is 1. The van der Waals surface area contributed by atoms with E-state index in [1.165, 1.54) is 37.1 Å². The Morgan fingerprint density at radius 3 is 2.41 bits per heavy atom. The minimum Gasteiger partial charge on any atom is -0.495 e. The second kappa shape index (κ2) is 16.0. The number of ether oxygens (including phenoxy) is 1. The highest BCUT2D eigenvalue weighted by Crippen LogP contribution is 2.39. The minimum absolute atomic E-state index is 0. The van der Waals surface area contributed by atoms with Crippen molar-refractivity contribution in [2.24, 2.45) is 5.73 Å². The van der Waals surface area contributed by atoms with Crippen LogP contribution in [0, 0.1) is 11.6 Å². The molecule has 0 saturated carbocycles. The van der Waals surface area contributed by atoms with Crippen molar-refractivity contribution < 1.29 is 28.2 Å². The molecule has 1 unspecified atom stereocenters. The number of rotatable bonds is 13. The summed E-state index contributed by atoms with van der Waals surface area (Å²) in [6.45, 7) is 4.28. The maximum absolute atomic E-state index is 15.4. The zero-order valence-corrected chi connectivity index (χ0v) is 28.3. The Morgan fingerprint density at radius 1 is 1.11 bits per heavy atom. The number of nitrogens with zero attached hydrogens (tertiary/aromatic N) is 2. The number of halogens is 5. The van der Waals surface area contributed by atoms with Gasteiger partial charge in [-0.1, -0.05) is 54.9 Å². The third-order valence-electron chi connectivity index (χ3n) is 7.38. The van der Waals surface area contributed by atoms with Crippen LogP contribution in [0.3, 0.4) is 0 Å². The molecule has 0 aliphatic carbocycles. The molecule has 1 amide bonds. The number of thioether (sulfide) groups is 1. The number of hydrogen-bond donors (Lipinski definition) is 3. The fourth-order valence-corrected chi connectivity index (χ4v) is 6.32. The number of carboxylic acid groups (broad SMARTS) is 1. The largest absolute Gasteiger partial charge is 0.495 e. The van der Waals surface area contributed by atoms with Crippen molar-refractivity contribution in [3.63, 3.8) is 0 Å². The van der Waals surface area contributed by atoms with Gasteiger partial charge in [0.05, 0.1) is 24.0 Å². The van der Waals surface area contributed by atoms with Crippen molar-refractivity contribution in [2.45, 2.75) is 49.1 Å². The maximum Gasteiger partial charge on any atom is 0.326 e. The highest BCUT2D eigenvalue weighted by molar-refractivity contribution is 7.98. The quantitative estimate of drug-likeness (QED) is 0.123. The van der Waals surface area contributed by atoms with Gasteiger partial charge in [0.2, 0.25) is 0 Å². The molecule has 0 spiro atoms. The van der Waals surface area contributed by atoms with Gasteiger partial charge < -0.3 is 20.9 Å². The van der Waals surface area contributed by atoms with Crippen molar-refractivity contribution in [1.29, 1.82) is 0 Å². The Morgan fingerprint density at radius 2 is 1.80 bits per heavy atom. The van der Waals surface area contributed by atoms with Crippen molar-refractivity contribution >= 4 is 59.2 Å². The van der Waals surface area contributed by atoms with Crippen molar-refractivity contribution in [2.75, 3.05) is 13.7 Å². The summed E-state index contributed by atoms with van der Waals surface area (Å²) in [7, 11) is 1.54. The van der Waals surface area contributed by atoms with Crippen LogP contribution in [0.15, 0.2) is 66.0 Å². The van der Waals surface area contributed by atoms with Gasteiger partial charge in [-0.25, -0.2) is 18.6 Å². The van der Waals surface area contributed by atoms with E-state index in [0.29, 0.717) is 28.0 Å². The lowest BCUT2D eigenvalue weighted by molar-refractivity contribution is -0.139. The average Bonchev–Trinajstić information content (AvgIpc) is 3.43. The van der Waals surface area contributed by atoms with E-state index in [1.54, 1.807) is 24.4 Å². The average molecular weight is 714 g/mol. The first kappa shape index (κ1) is 37.1. The number of benzene rings is 3. The molecule has 4 rings (SSSR count). The molecule has 0 aliphatic heterocycles. The van der Waals surface area contributed by atoms with E-state index in [2.05, 4.69) is 10.3 Å². The number of carbonyl (C=O) groups excluding carboxylic acids is 1. The van der Waals surface area contributed by atoms with E-state index in [1.807, 2.05) is 30.5 Å². The molecule has 0 radical (unpaired) electrons. The number of hydrogen-bond acceptors (Lipinski definition) is 6. The molecule has 0 saturated heterocycles. The number of aliphatic carboxylic acids is 1. The van der Waals surface area contributed by atoms with Gasteiger partial charge in [-0.05, 0) is 73.5 Å². The Hall–Kier alpha value is -3.35. The van der Waals surface area contributed by atoms with Crippen LogP contribution >= 0.6 is 47.4 Å². The molecule has 4 N–H and O–H groups in total. The van der Waals surface area contributed by atoms with Crippen molar-refractivity contribution in [1.82, 2.24) is 14.9 Å². The fourth-order valence-electron chi connectivity index (χ4n) is 4.74. The smallest absolute Gasteiger partial charge is 0.326 e. The number of aromatic nitrogens is 2. The SMILES string of the molecule is COc1cc(C(C)(C)c2cnc(SCc3c(F)cc(C(=O)NC(CCCN)C(=O)O)cc3Cl)n2-c2ccc(F)cc2)ccc1Cl.Cl. The highest BCUT2D eigenvalue weighted by Gasteiger charge is 2.31. The molecule has 1 heterocycles. The number of imidazole rings is 1. The molecule has 1 atom stereocenters. The van der Waals surface area contributed by atoms with Crippen LogP contribution in [0.5, 0.6) is 5.75 Å². The van der Waals surface area contributed by atoms with Crippen molar-refractivity contribution in [3.05, 3.63) is 105 Å². The van der Waals surface area contributed by atoms with Crippen molar-refractivity contribution in [3.8, 4) is 11.4 Å². The molecule has 1 aromatic heterocycles. The molecular formula is C32H33Cl3F2N4O4S. The lowest BCUT2D eigenvalue weighted by Gasteiger charge is -2.28. The molecular weight excluding hydrogens is 681 g/mol. The molecule has 0 aliphatic rings. The first-order valence-electron chi connectivity index (χ1n) is 13.9. The summed E-state index contributed by atoms with van der Waals surface area (Å²) in [5.41, 5.74) is 7.14. The van der Waals surface area contributed by atoms with Gasteiger partial charge in [-0.3, -0.25) is 9.36 Å². The molecule has 8 nitrogen and oxygen atoms in total. The Balaban J connectivity index is 0.00000576. The highest BCUT2D eigenvalue weighted by atomic mass is 35.5. The second-order valence-corrected chi connectivity index (χ2v) is 12.5. The van der Waals surface area contributed by atoms with Gasteiger partial charge in [-0.15, -0.1) is 12.4 Å². The summed E-state index contributed by atoms with van der Waals surface area (Å²) in [5.74, 6) is -2.55. The van der Waals surface area contributed by atoms with E-state index < -0.39 is 35.0 Å². The first-order chi connectivity index (χ1) is 21.4. The molecule has 0 bridgehead atoms. The van der Waals surface area contributed by atoms with E-state index in [0.717, 1.165) is 17.3 Å². The standard InChI is InChI=1S/C32H32Cl2F2N4O4S.ClH/c1-32(2,19-6-11-23(33)27(15-19)44-3)28-16-38-31(40(28)21-9-7-20(35)8-10-21)45-17-22-24(34)13-18(14-25(22)36)29(41)39-26(30(42)43)5-4-12-37;/h6-11,13-16,26H,4-5,12,17,37H2,1-3H3,(H,39,41)(H,42,43);1H. The van der Waals surface area contributed by atoms with Crippen LogP contribution in [-0.4, -0.2) is 46.2 Å². The van der Waals surface area contributed by atoms with E-state index in [-0.39, 0.29) is 47.3 Å². The summed E-state index contributed by atoms with van der Waals surface area (Å²) >= 11 is 13.9. The van der Waals surface area contributed by atoms with Gasteiger partial charge in [0, 0.05) is 33.0 Å². The first-order valence-corrected chi connectivity index (χ1v) is 15.6. The molecule has 246 valence electrons. The summed E-state index contributed by atoms with van der Waals surface area (Å²) in [5, 5.41) is 12.7. The van der Waals surface area contributed by atoms with Crippen LogP contribution in [-0.2, 0) is 16.0 Å². The maximum atomic E-state index is 15.4. The van der Waals surface area contributed by atoms with Crippen LogP contribution < -0.4 is 15.8 Å². The van der Waals surface area contributed by atoms with E-state index in [9.17, 15) is 19.1 Å². The van der Waals surface area contributed by atoms with Crippen LogP contribution in [0.2, 0.25) is 10.0 Å². The zero-order chi connectivity index (χ0) is 32.9. The summed E-state index contributed by atoms with van der Waals surface area (Å²) in [6, 6.07) is 12.6. The van der Waals surface area contributed by atoms with Gasteiger partial charge in [0.25, 0.3) is 5.91 Å². The van der Waals surface area contributed by atoms with Gasteiger partial charge in [0.1, 0.15) is 23.4 Å².